The SMILES string of the molecule is Cc1n2c(c[n+]1C)C(c1ccc(NS(C)(=O)=O)cc1)=CCC2. The van der Waals surface area contributed by atoms with Crippen molar-refractivity contribution in [1.82, 2.24) is 4.57 Å². The molecular weight excluding hydrogens is 298 g/mol. The molecule has 0 amide bonds. The fourth-order valence-electron chi connectivity index (χ4n) is 2.85. The highest BCUT2D eigenvalue weighted by molar-refractivity contribution is 7.92. The molecule has 1 aliphatic heterocycles. The first-order valence-electron chi connectivity index (χ1n) is 7.20. The summed E-state index contributed by atoms with van der Waals surface area (Å²) in [6, 6.07) is 7.51. The molecule has 2 heterocycles. The van der Waals surface area contributed by atoms with Gasteiger partial charge in [0, 0.05) is 24.6 Å². The standard InChI is InChI=1S/C16H20N3O2S/c1-12-18(2)11-16-15(5-4-10-19(12)16)13-6-8-14(9-7-13)17-22(3,20)21/h5-9,11,17H,4,10H2,1-3H3/q+1. The number of aromatic nitrogens is 2. The number of benzene rings is 1. The van der Waals surface area contributed by atoms with Crippen molar-refractivity contribution < 1.29 is 13.0 Å². The van der Waals surface area contributed by atoms with E-state index in [1.807, 2.05) is 12.1 Å². The zero-order chi connectivity index (χ0) is 15.9. The Hall–Kier alpha value is -2.08. The predicted molar refractivity (Wildman–Crippen MR) is 86.9 cm³/mol. The first-order valence-corrected chi connectivity index (χ1v) is 9.09. The lowest BCUT2D eigenvalue weighted by Gasteiger charge is -2.13. The number of nitrogens with one attached hydrogen (secondary N) is 1. The van der Waals surface area contributed by atoms with E-state index in [9.17, 15) is 8.42 Å². The lowest BCUT2D eigenvalue weighted by atomic mass is 9.99. The fraction of sp³-hybridized carbons (Fsp3) is 0.312. The normalized spacial score (nSPS) is 14.4. The van der Waals surface area contributed by atoms with E-state index in [0.29, 0.717) is 5.69 Å². The number of anilines is 1. The van der Waals surface area contributed by atoms with E-state index in [0.717, 1.165) is 24.8 Å². The largest absolute Gasteiger partial charge is 0.284 e. The van der Waals surface area contributed by atoms with Crippen molar-refractivity contribution in [2.24, 2.45) is 7.05 Å². The van der Waals surface area contributed by atoms with Gasteiger partial charge in [-0.25, -0.2) is 17.6 Å². The minimum absolute atomic E-state index is 0.583. The van der Waals surface area contributed by atoms with Gasteiger partial charge in [0.2, 0.25) is 10.0 Å². The average Bonchev–Trinajstić information content (AvgIpc) is 2.74. The molecule has 0 atom stereocenters. The van der Waals surface area contributed by atoms with Crippen LogP contribution in [0.2, 0.25) is 0 Å². The summed E-state index contributed by atoms with van der Waals surface area (Å²) in [5, 5.41) is 0. The second kappa shape index (κ2) is 5.28. The molecule has 0 radical (unpaired) electrons. The van der Waals surface area contributed by atoms with E-state index in [2.05, 4.69) is 40.1 Å². The van der Waals surface area contributed by atoms with Crippen molar-refractivity contribution in [3.8, 4) is 0 Å². The van der Waals surface area contributed by atoms with E-state index in [1.54, 1.807) is 12.1 Å². The van der Waals surface area contributed by atoms with Gasteiger partial charge in [-0.05, 0) is 17.7 Å². The molecule has 2 aromatic rings. The Bertz CT molecular complexity index is 846. The van der Waals surface area contributed by atoms with E-state index in [1.165, 1.54) is 17.1 Å². The molecule has 0 aliphatic carbocycles. The molecule has 1 aliphatic rings. The maximum atomic E-state index is 11.3. The van der Waals surface area contributed by atoms with Crippen LogP contribution in [0.25, 0.3) is 5.57 Å². The van der Waals surface area contributed by atoms with Crippen molar-refractivity contribution in [2.75, 3.05) is 11.0 Å². The summed E-state index contributed by atoms with van der Waals surface area (Å²) in [4.78, 5) is 0. The zero-order valence-electron chi connectivity index (χ0n) is 13.0. The van der Waals surface area contributed by atoms with Crippen LogP contribution in [-0.4, -0.2) is 19.2 Å². The summed E-state index contributed by atoms with van der Waals surface area (Å²) < 4.78 is 29.5. The second-order valence-corrected chi connectivity index (χ2v) is 7.43. The molecule has 0 saturated heterocycles. The van der Waals surface area contributed by atoms with E-state index >= 15 is 0 Å². The molecular formula is C16H20N3O2S+. The first-order chi connectivity index (χ1) is 10.3. The third kappa shape index (κ3) is 2.78. The number of allylic oxidation sites excluding steroid dienone is 1. The van der Waals surface area contributed by atoms with Crippen LogP contribution in [0, 0.1) is 6.92 Å². The third-order valence-electron chi connectivity index (χ3n) is 3.98. The molecule has 22 heavy (non-hydrogen) atoms. The summed E-state index contributed by atoms with van der Waals surface area (Å²) in [6.45, 7) is 3.12. The highest BCUT2D eigenvalue weighted by Crippen LogP contribution is 2.29. The number of aryl methyl sites for hydroxylation is 1. The molecule has 0 unspecified atom stereocenters. The van der Waals surface area contributed by atoms with Crippen molar-refractivity contribution in [2.45, 2.75) is 19.9 Å². The van der Waals surface area contributed by atoms with Crippen LogP contribution in [0.1, 0.15) is 23.5 Å². The summed E-state index contributed by atoms with van der Waals surface area (Å²) in [7, 11) is -1.18. The lowest BCUT2D eigenvalue weighted by molar-refractivity contribution is -0.677. The molecule has 0 spiro atoms. The topological polar surface area (TPSA) is 55.0 Å². The molecule has 6 heteroatoms. The Kier molecular flexibility index (Phi) is 3.56. The van der Waals surface area contributed by atoms with E-state index in [4.69, 9.17) is 0 Å². The predicted octanol–water partition coefficient (Wildman–Crippen LogP) is 1.83. The fourth-order valence-corrected chi connectivity index (χ4v) is 3.41. The Morgan fingerprint density at radius 3 is 2.55 bits per heavy atom. The van der Waals surface area contributed by atoms with Gasteiger partial charge in [0.1, 0.15) is 6.20 Å². The molecule has 0 fully saturated rings. The maximum Gasteiger partial charge on any atom is 0.253 e. The summed E-state index contributed by atoms with van der Waals surface area (Å²) in [6.07, 6.45) is 6.54. The van der Waals surface area contributed by atoms with Crippen LogP contribution in [0.15, 0.2) is 36.5 Å². The number of nitrogens with zero attached hydrogens (tertiary/aromatic N) is 2. The number of sulfonamides is 1. The van der Waals surface area contributed by atoms with Gasteiger partial charge in [-0.15, -0.1) is 0 Å². The Labute approximate surface area is 131 Å². The lowest BCUT2D eigenvalue weighted by Crippen LogP contribution is -2.29. The van der Waals surface area contributed by atoms with E-state index < -0.39 is 10.0 Å². The number of rotatable bonds is 3. The smallest absolute Gasteiger partial charge is 0.253 e. The molecule has 0 bridgehead atoms. The van der Waals surface area contributed by atoms with Crippen molar-refractivity contribution >= 4 is 21.3 Å². The van der Waals surface area contributed by atoms with Crippen molar-refractivity contribution in [3.05, 3.63) is 53.6 Å². The van der Waals surface area contributed by atoms with Gasteiger partial charge in [0.15, 0.2) is 5.69 Å². The van der Waals surface area contributed by atoms with Crippen LogP contribution in [0.5, 0.6) is 0 Å². The zero-order valence-corrected chi connectivity index (χ0v) is 13.8. The summed E-state index contributed by atoms with van der Waals surface area (Å²) in [5.41, 5.74) is 4.08. The quantitative estimate of drug-likeness (QED) is 0.878. The Balaban J connectivity index is 1.96. The van der Waals surface area contributed by atoms with Crippen molar-refractivity contribution in [3.63, 3.8) is 0 Å². The maximum absolute atomic E-state index is 11.3. The number of imidazole rings is 1. The molecule has 0 saturated carbocycles. The van der Waals surface area contributed by atoms with Crippen molar-refractivity contribution in [1.29, 1.82) is 0 Å². The minimum atomic E-state index is -3.24. The number of hydrogen-bond acceptors (Lipinski definition) is 2. The van der Waals surface area contributed by atoms with Gasteiger partial charge in [-0.3, -0.25) is 4.72 Å². The summed E-state index contributed by atoms with van der Waals surface area (Å²) in [5.74, 6) is 1.23. The Morgan fingerprint density at radius 2 is 1.91 bits per heavy atom. The molecule has 1 aromatic carbocycles. The third-order valence-corrected chi connectivity index (χ3v) is 4.59. The number of hydrogen-bond donors (Lipinski definition) is 1. The van der Waals surface area contributed by atoms with Crippen LogP contribution in [-0.2, 0) is 23.6 Å². The summed E-state index contributed by atoms with van der Waals surface area (Å²) >= 11 is 0. The highest BCUT2D eigenvalue weighted by atomic mass is 32.2. The van der Waals surface area contributed by atoms with Gasteiger partial charge in [0.05, 0.1) is 19.8 Å². The van der Waals surface area contributed by atoms with Gasteiger partial charge in [0.25, 0.3) is 5.82 Å². The highest BCUT2D eigenvalue weighted by Gasteiger charge is 2.24. The first kappa shape index (κ1) is 14.8. The monoisotopic (exact) mass is 318 g/mol. The molecule has 1 N–H and O–H groups in total. The number of fused-ring (bicyclic) bond motifs is 1. The van der Waals surface area contributed by atoms with E-state index in [-0.39, 0.29) is 0 Å². The van der Waals surface area contributed by atoms with Crippen LogP contribution < -0.4 is 9.29 Å². The van der Waals surface area contributed by atoms with Gasteiger partial charge < -0.3 is 0 Å². The van der Waals surface area contributed by atoms with Gasteiger partial charge in [-0.1, -0.05) is 18.2 Å². The van der Waals surface area contributed by atoms with Crippen LogP contribution in [0.4, 0.5) is 5.69 Å². The molecule has 1 aromatic heterocycles. The van der Waals surface area contributed by atoms with Gasteiger partial charge in [-0.2, -0.15) is 0 Å². The van der Waals surface area contributed by atoms with Crippen LogP contribution in [0.3, 0.4) is 0 Å². The average molecular weight is 318 g/mol. The molecule has 3 rings (SSSR count). The van der Waals surface area contributed by atoms with Gasteiger partial charge >= 0.3 is 0 Å². The Morgan fingerprint density at radius 1 is 1.23 bits per heavy atom. The second-order valence-electron chi connectivity index (χ2n) is 5.68. The molecule has 5 nitrogen and oxygen atoms in total. The molecule has 116 valence electrons. The van der Waals surface area contributed by atoms with Crippen LogP contribution >= 0.6 is 0 Å². The minimum Gasteiger partial charge on any atom is -0.284 e.